The van der Waals surface area contributed by atoms with Crippen molar-refractivity contribution >= 4 is 11.9 Å². The summed E-state index contributed by atoms with van der Waals surface area (Å²) < 4.78 is 10.5. The highest BCUT2D eigenvalue weighted by Gasteiger charge is 2.30. The van der Waals surface area contributed by atoms with E-state index in [-0.39, 0.29) is 23.3 Å². The van der Waals surface area contributed by atoms with Gasteiger partial charge < -0.3 is 19.5 Å². The van der Waals surface area contributed by atoms with E-state index in [1.54, 1.807) is 4.90 Å². The molecular weight excluding hydrogens is 288 g/mol. The van der Waals surface area contributed by atoms with E-state index >= 15 is 0 Å². The van der Waals surface area contributed by atoms with Gasteiger partial charge in [0.05, 0.1) is 19.8 Å². The average molecular weight is 308 g/mol. The number of nitrogens with zero attached hydrogens (tertiary/aromatic N) is 2. The van der Waals surface area contributed by atoms with Crippen molar-refractivity contribution in [3.8, 4) is 5.75 Å². The molecule has 1 aliphatic heterocycles. The molecule has 0 unspecified atom stereocenters. The molecule has 0 spiro atoms. The summed E-state index contributed by atoms with van der Waals surface area (Å²) in [6.45, 7) is 3.61. The van der Waals surface area contributed by atoms with Crippen LogP contribution >= 0.6 is 0 Å². The molecule has 7 heteroatoms. The lowest BCUT2D eigenvalue weighted by Gasteiger charge is -2.24. The van der Waals surface area contributed by atoms with Crippen LogP contribution in [-0.2, 0) is 4.74 Å². The zero-order valence-corrected chi connectivity index (χ0v) is 12.7. The summed E-state index contributed by atoms with van der Waals surface area (Å²) in [5.41, 5.74) is -0.122. The fraction of sp³-hybridized carbons (Fsp3) is 0.533. The molecule has 1 amide bonds. The van der Waals surface area contributed by atoms with Gasteiger partial charge >= 0.3 is 5.97 Å². The Kier molecular flexibility index (Phi) is 5.32. The van der Waals surface area contributed by atoms with E-state index in [2.05, 4.69) is 4.98 Å². The predicted molar refractivity (Wildman–Crippen MR) is 78.3 cm³/mol. The minimum absolute atomic E-state index is 0.00808. The van der Waals surface area contributed by atoms with Crippen molar-refractivity contribution in [1.82, 2.24) is 9.88 Å². The van der Waals surface area contributed by atoms with Crippen LogP contribution in [0.15, 0.2) is 12.1 Å². The van der Waals surface area contributed by atoms with Crippen LogP contribution in [0.5, 0.6) is 5.75 Å². The van der Waals surface area contributed by atoms with Crippen LogP contribution in [0.4, 0.5) is 0 Å². The van der Waals surface area contributed by atoms with Gasteiger partial charge in [-0.05, 0) is 19.8 Å². The molecule has 1 saturated heterocycles. The fourth-order valence-electron chi connectivity index (χ4n) is 2.52. The summed E-state index contributed by atoms with van der Waals surface area (Å²) in [5.74, 6) is -1.18. The Morgan fingerprint density at radius 1 is 1.41 bits per heavy atom. The van der Waals surface area contributed by atoms with Crippen LogP contribution in [0.3, 0.4) is 0 Å². The van der Waals surface area contributed by atoms with E-state index in [1.165, 1.54) is 19.2 Å². The highest BCUT2D eigenvalue weighted by molar-refractivity contribution is 5.95. The molecule has 1 N–H and O–H groups in total. The lowest BCUT2D eigenvalue weighted by Crippen LogP contribution is -2.38. The third kappa shape index (κ3) is 3.54. The maximum absolute atomic E-state index is 12.6. The number of likely N-dealkylation sites (tertiary alicyclic amines) is 1. The number of ether oxygens (including phenoxy) is 2. The summed E-state index contributed by atoms with van der Waals surface area (Å²) in [7, 11) is 1.42. The Labute approximate surface area is 128 Å². The molecule has 0 radical (unpaired) electrons. The lowest BCUT2D eigenvalue weighted by molar-refractivity contribution is 0.0559. The maximum Gasteiger partial charge on any atom is 0.354 e. The average Bonchev–Trinajstić information content (AvgIpc) is 2.99. The minimum Gasteiger partial charge on any atom is -0.497 e. The van der Waals surface area contributed by atoms with Crippen molar-refractivity contribution in [3.63, 3.8) is 0 Å². The number of carbonyl (C=O) groups is 2. The van der Waals surface area contributed by atoms with Crippen LogP contribution < -0.4 is 4.74 Å². The summed E-state index contributed by atoms with van der Waals surface area (Å²) in [6.07, 6.45) is 1.78. The van der Waals surface area contributed by atoms with Crippen molar-refractivity contribution in [3.05, 3.63) is 23.5 Å². The molecule has 2 heterocycles. The van der Waals surface area contributed by atoms with Crippen LogP contribution in [0.1, 0.15) is 40.7 Å². The molecule has 1 fully saturated rings. The van der Waals surface area contributed by atoms with Gasteiger partial charge in [0.2, 0.25) is 0 Å². The van der Waals surface area contributed by atoms with Gasteiger partial charge in [-0.1, -0.05) is 0 Å². The van der Waals surface area contributed by atoms with Crippen LogP contribution in [0.2, 0.25) is 0 Å². The third-order valence-corrected chi connectivity index (χ3v) is 3.63. The Balaban J connectivity index is 2.24. The number of methoxy groups -OCH3 is 1. The predicted octanol–water partition coefficient (Wildman–Crippen LogP) is 1.43. The number of rotatable bonds is 6. The summed E-state index contributed by atoms with van der Waals surface area (Å²) in [4.78, 5) is 29.4. The smallest absolute Gasteiger partial charge is 0.354 e. The monoisotopic (exact) mass is 308 g/mol. The normalized spacial score (nSPS) is 17.5. The lowest BCUT2D eigenvalue weighted by atomic mass is 10.2. The molecule has 0 aromatic carbocycles. The molecule has 2 rings (SSSR count). The highest BCUT2D eigenvalue weighted by Crippen LogP contribution is 2.22. The molecule has 22 heavy (non-hydrogen) atoms. The SMILES string of the molecule is CCOC[C@H]1CCCN1C(=O)c1cc(OC)cc(C(=O)O)n1. The standard InChI is InChI=1S/C15H20N2O5/c1-3-22-9-10-5-4-6-17(10)14(18)12-7-11(21-2)8-13(16-12)15(19)20/h7-8,10H,3-6,9H2,1-2H3,(H,19,20)/t10-/m1/s1. The number of aromatic nitrogens is 1. The fourth-order valence-corrected chi connectivity index (χ4v) is 2.52. The molecule has 7 nitrogen and oxygen atoms in total. The van der Waals surface area contributed by atoms with Crippen molar-refractivity contribution in [2.24, 2.45) is 0 Å². The second kappa shape index (κ2) is 7.22. The Morgan fingerprint density at radius 2 is 2.14 bits per heavy atom. The molecule has 0 saturated carbocycles. The van der Waals surface area contributed by atoms with Gasteiger partial charge in [-0.3, -0.25) is 4.79 Å². The van der Waals surface area contributed by atoms with Gasteiger partial charge in [0.1, 0.15) is 11.4 Å². The molecule has 1 aliphatic rings. The molecule has 1 aromatic heterocycles. The van der Waals surface area contributed by atoms with E-state index in [0.717, 1.165) is 12.8 Å². The molecule has 0 bridgehead atoms. The molecule has 0 aliphatic carbocycles. The second-order valence-corrected chi connectivity index (χ2v) is 5.04. The molecule has 120 valence electrons. The molecule has 1 atom stereocenters. The first-order valence-electron chi connectivity index (χ1n) is 7.25. The summed E-state index contributed by atoms with van der Waals surface area (Å²) >= 11 is 0. The number of carboxylic acid groups (broad SMARTS) is 1. The highest BCUT2D eigenvalue weighted by atomic mass is 16.5. The number of hydrogen-bond donors (Lipinski definition) is 1. The number of amides is 1. The van der Waals surface area contributed by atoms with Gasteiger partial charge in [0.15, 0.2) is 5.69 Å². The van der Waals surface area contributed by atoms with E-state index in [9.17, 15) is 9.59 Å². The first-order chi connectivity index (χ1) is 10.6. The first kappa shape index (κ1) is 16.2. The van der Waals surface area contributed by atoms with Gasteiger partial charge in [-0.25, -0.2) is 9.78 Å². The maximum atomic E-state index is 12.6. The Morgan fingerprint density at radius 3 is 2.77 bits per heavy atom. The van der Waals surface area contributed by atoms with Gasteiger partial charge in [0, 0.05) is 25.3 Å². The van der Waals surface area contributed by atoms with Crippen molar-refractivity contribution in [2.45, 2.75) is 25.8 Å². The van der Waals surface area contributed by atoms with Crippen molar-refractivity contribution < 1.29 is 24.2 Å². The van der Waals surface area contributed by atoms with Crippen molar-refractivity contribution in [2.75, 3.05) is 26.9 Å². The van der Waals surface area contributed by atoms with E-state index < -0.39 is 5.97 Å². The Bertz CT molecular complexity index is 561. The van der Waals surface area contributed by atoms with E-state index in [1.807, 2.05) is 6.92 Å². The molecular formula is C15H20N2O5. The second-order valence-electron chi connectivity index (χ2n) is 5.04. The number of aromatic carboxylic acids is 1. The zero-order valence-electron chi connectivity index (χ0n) is 12.7. The minimum atomic E-state index is -1.19. The number of carboxylic acids is 1. The topological polar surface area (TPSA) is 89.0 Å². The van der Waals surface area contributed by atoms with Gasteiger partial charge in [-0.15, -0.1) is 0 Å². The van der Waals surface area contributed by atoms with E-state index in [0.29, 0.717) is 25.5 Å². The largest absolute Gasteiger partial charge is 0.497 e. The Hall–Kier alpha value is -2.15. The molecule has 1 aromatic rings. The number of carbonyl (C=O) groups excluding carboxylic acids is 1. The number of pyridine rings is 1. The van der Waals surface area contributed by atoms with Crippen LogP contribution in [0.25, 0.3) is 0 Å². The van der Waals surface area contributed by atoms with Crippen molar-refractivity contribution in [1.29, 1.82) is 0 Å². The van der Waals surface area contributed by atoms with Crippen LogP contribution in [0, 0.1) is 0 Å². The quantitative estimate of drug-likeness (QED) is 0.855. The van der Waals surface area contributed by atoms with Crippen LogP contribution in [-0.4, -0.2) is 59.8 Å². The first-order valence-corrected chi connectivity index (χ1v) is 7.25. The number of hydrogen-bond acceptors (Lipinski definition) is 5. The zero-order chi connectivity index (χ0) is 16.1. The third-order valence-electron chi connectivity index (χ3n) is 3.63. The summed E-state index contributed by atoms with van der Waals surface area (Å²) in [5, 5.41) is 9.08. The van der Waals surface area contributed by atoms with Gasteiger partial charge in [-0.2, -0.15) is 0 Å². The summed E-state index contributed by atoms with van der Waals surface area (Å²) in [6, 6.07) is 2.76. The van der Waals surface area contributed by atoms with Gasteiger partial charge in [0.25, 0.3) is 5.91 Å². The van der Waals surface area contributed by atoms with E-state index in [4.69, 9.17) is 14.6 Å².